The van der Waals surface area contributed by atoms with Crippen LogP contribution in [0.3, 0.4) is 0 Å². The smallest absolute Gasteiger partial charge is 0.252 e. The lowest BCUT2D eigenvalue weighted by Gasteiger charge is -2.36. The molecular weight excluding hydrogens is 354 g/mol. The van der Waals surface area contributed by atoms with Crippen LogP contribution in [0.15, 0.2) is 47.6 Å². The summed E-state index contributed by atoms with van der Waals surface area (Å²) in [7, 11) is -0.615. The summed E-state index contributed by atoms with van der Waals surface area (Å²) in [6.07, 6.45) is 4.66. The summed E-state index contributed by atoms with van der Waals surface area (Å²) in [4.78, 5) is 13.3. The molecule has 1 aromatic heterocycles. The van der Waals surface area contributed by atoms with Gasteiger partial charge in [0.25, 0.3) is 5.91 Å². The van der Waals surface area contributed by atoms with Gasteiger partial charge in [-0.25, -0.2) is 12.7 Å². The third-order valence-corrected chi connectivity index (χ3v) is 6.48. The van der Waals surface area contributed by atoms with Gasteiger partial charge in [-0.3, -0.25) is 9.48 Å². The van der Waals surface area contributed by atoms with Crippen LogP contribution in [0.1, 0.15) is 12.8 Å². The Morgan fingerprint density at radius 1 is 1.27 bits per heavy atom. The van der Waals surface area contributed by atoms with Crippen molar-refractivity contribution in [3.63, 3.8) is 0 Å². The van der Waals surface area contributed by atoms with Crippen LogP contribution in [-0.4, -0.2) is 55.6 Å². The summed E-state index contributed by atoms with van der Waals surface area (Å²) in [6, 6.07) is 8.09. The molecule has 2 heterocycles. The minimum Gasteiger partial charge on any atom is -0.324 e. The maximum atomic E-state index is 13.1. The Labute approximate surface area is 153 Å². The van der Waals surface area contributed by atoms with Gasteiger partial charge in [0.2, 0.25) is 10.0 Å². The fourth-order valence-electron chi connectivity index (χ4n) is 3.12. The van der Waals surface area contributed by atoms with Crippen LogP contribution in [0.4, 0.5) is 5.69 Å². The molecule has 0 bridgehead atoms. The Kier molecular flexibility index (Phi) is 5.12. The highest BCUT2D eigenvalue weighted by molar-refractivity contribution is 7.89. The molecule has 2 N–H and O–H groups in total. The van der Waals surface area contributed by atoms with Gasteiger partial charge >= 0.3 is 0 Å². The number of piperidine rings is 1. The van der Waals surface area contributed by atoms with Crippen molar-refractivity contribution in [1.82, 2.24) is 19.4 Å². The molecule has 1 amide bonds. The van der Waals surface area contributed by atoms with Gasteiger partial charge in [-0.2, -0.15) is 5.10 Å². The van der Waals surface area contributed by atoms with Gasteiger partial charge in [0, 0.05) is 32.2 Å². The average molecular weight is 377 g/mol. The number of aromatic nitrogens is 2. The Bertz CT molecular complexity index is 872. The van der Waals surface area contributed by atoms with Crippen molar-refractivity contribution in [3.8, 4) is 0 Å². The second kappa shape index (κ2) is 7.18. The lowest BCUT2D eigenvalue weighted by molar-refractivity contribution is -0.126. The third kappa shape index (κ3) is 3.37. The number of benzene rings is 1. The first-order valence-corrected chi connectivity index (χ1v) is 9.85. The monoisotopic (exact) mass is 377 g/mol. The van der Waals surface area contributed by atoms with E-state index in [2.05, 4.69) is 15.7 Å². The molecule has 1 saturated heterocycles. The van der Waals surface area contributed by atoms with E-state index in [1.807, 2.05) is 0 Å². The molecule has 1 aromatic carbocycles. The Hall–Kier alpha value is -2.23. The second-order valence-corrected chi connectivity index (χ2v) is 8.65. The first-order valence-electron chi connectivity index (χ1n) is 8.41. The van der Waals surface area contributed by atoms with Crippen molar-refractivity contribution in [1.29, 1.82) is 0 Å². The molecule has 8 nitrogen and oxygen atoms in total. The molecule has 0 saturated carbocycles. The van der Waals surface area contributed by atoms with Crippen molar-refractivity contribution >= 4 is 21.6 Å². The van der Waals surface area contributed by atoms with Gasteiger partial charge in [-0.05, 0) is 50.2 Å². The van der Waals surface area contributed by atoms with E-state index in [0.29, 0.717) is 31.6 Å². The van der Waals surface area contributed by atoms with E-state index in [9.17, 15) is 13.2 Å². The van der Waals surface area contributed by atoms with Crippen LogP contribution < -0.4 is 10.6 Å². The second-order valence-electron chi connectivity index (χ2n) is 6.50. The van der Waals surface area contributed by atoms with Gasteiger partial charge in [-0.15, -0.1) is 0 Å². The largest absolute Gasteiger partial charge is 0.324 e. The molecule has 140 valence electrons. The normalized spacial score (nSPS) is 17.2. The fraction of sp³-hybridized carbons (Fsp3) is 0.412. The summed E-state index contributed by atoms with van der Waals surface area (Å²) < 4.78 is 27.5. The predicted molar refractivity (Wildman–Crippen MR) is 98.2 cm³/mol. The highest BCUT2D eigenvalue weighted by Crippen LogP contribution is 2.29. The summed E-state index contributed by atoms with van der Waals surface area (Å²) in [5.41, 5.74) is -0.339. The van der Waals surface area contributed by atoms with Gasteiger partial charge in [0.05, 0.1) is 4.90 Å². The molecule has 9 heteroatoms. The van der Waals surface area contributed by atoms with Gasteiger partial charge in [-0.1, -0.05) is 6.07 Å². The number of hydrogen-bond acceptors (Lipinski definition) is 5. The summed E-state index contributed by atoms with van der Waals surface area (Å²) in [5.74, 6) is -0.192. The zero-order valence-electron chi connectivity index (χ0n) is 14.8. The number of amides is 1. The number of carbonyl (C=O) groups is 1. The molecule has 0 spiro atoms. The van der Waals surface area contributed by atoms with Crippen molar-refractivity contribution in [2.24, 2.45) is 0 Å². The standard InChI is InChI=1S/C17H23N5O3S/c1-21(2)26(24,25)15-6-3-5-14(13-15)20-16(23)17(7-10-18-11-8-17)22-12-4-9-19-22/h3-6,9,12-13,18H,7-8,10-11H2,1-2H3,(H,20,23). The predicted octanol–water partition coefficient (Wildman–Crippen LogP) is 0.851. The molecule has 1 aliphatic rings. The van der Waals surface area contributed by atoms with Crippen LogP contribution in [-0.2, 0) is 20.4 Å². The molecule has 1 aliphatic heterocycles. The van der Waals surface area contributed by atoms with Gasteiger partial charge in [0.15, 0.2) is 0 Å². The zero-order valence-corrected chi connectivity index (χ0v) is 15.7. The van der Waals surface area contributed by atoms with E-state index in [0.717, 1.165) is 4.31 Å². The SMILES string of the molecule is CN(C)S(=O)(=O)c1cccc(NC(=O)C2(n3cccn3)CCNCC2)c1. The topological polar surface area (TPSA) is 96.3 Å². The van der Waals surface area contributed by atoms with Crippen molar-refractivity contribution < 1.29 is 13.2 Å². The molecule has 3 rings (SSSR count). The van der Waals surface area contributed by atoms with Crippen LogP contribution in [0.2, 0.25) is 0 Å². The Morgan fingerprint density at radius 2 is 2.00 bits per heavy atom. The highest BCUT2D eigenvalue weighted by Gasteiger charge is 2.42. The number of nitrogens with zero attached hydrogens (tertiary/aromatic N) is 3. The Morgan fingerprint density at radius 3 is 2.62 bits per heavy atom. The lowest BCUT2D eigenvalue weighted by Crippen LogP contribution is -2.52. The molecule has 26 heavy (non-hydrogen) atoms. The van der Waals surface area contributed by atoms with E-state index in [4.69, 9.17) is 0 Å². The minimum absolute atomic E-state index is 0.138. The Balaban J connectivity index is 1.89. The van der Waals surface area contributed by atoms with E-state index in [1.54, 1.807) is 35.3 Å². The van der Waals surface area contributed by atoms with E-state index < -0.39 is 15.6 Å². The van der Waals surface area contributed by atoms with E-state index in [-0.39, 0.29) is 10.8 Å². The summed E-state index contributed by atoms with van der Waals surface area (Å²) in [6.45, 7) is 1.42. The van der Waals surface area contributed by atoms with E-state index >= 15 is 0 Å². The molecule has 0 unspecified atom stereocenters. The van der Waals surface area contributed by atoms with Gasteiger partial charge < -0.3 is 10.6 Å². The number of rotatable bonds is 5. The third-order valence-electron chi connectivity index (χ3n) is 4.67. The molecule has 0 radical (unpaired) electrons. The van der Waals surface area contributed by atoms with Crippen molar-refractivity contribution in [2.45, 2.75) is 23.3 Å². The quantitative estimate of drug-likeness (QED) is 0.805. The first kappa shape index (κ1) is 18.6. The minimum atomic E-state index is -3.56. The first-order chi connectivity index (χ1) is 12.4. The molecule has 0 atom stereocenters. The fourth-order valence-corrected chi connectivity index (χ4v) is 4.06. The van der Waals surface area contributed by atoms with Crippen LogP contribution >= 0.6 is 0 Å². The average Bonchev–Trinajstić information content (AvgIpc) is 3.17. The summed E-state index contributed by atoms with van der Waals surface area (Å²) in [5, 5.41) is 10.4. The maximum absolute atomic E-state index is 13.1. The zero-order chi connectivity index (χ0) is 18.8. The summed E-state index contributed by atoms with van der Waals surface area (Å²) >= 11 is 0. The van der Waals surface area contributed by atoms with Crippen LogP contribution in [0.25, 0.3) is 0 Å². The molecule has 1 fully saturated rings. The van der Waals surface area contributed by atoms with Gasteiger partial charge in [0.1, 0.15) is 5.54 Å². The molecule has 0 aliphatic carbocycles. The number of anilines is 1. The molecule has 2 aromatic rings. The molecular formula is C17H23N5O3S. The maximum Gasteiger partial charge on any atom is 0.252 e. The van der Waals surface area contributed by atoms with Crippen molar-refractivity contribution in [3.05, 3.63) is 42.7 Å². The van der Waals surface area contributed by atoms with Crippen LogP contribution in [0, 0.1) is 0 Å². The number of sulfonamides is 1. The highest BCUT2D eigenvalue weighted by atomic mass is 32.2. The van der Waals surface area contributed by atoms with Crippen molar-refractivity contribution in [2.75, 3.05) is 32.5 Å². The number of hydrogen-bond donors (Lipinski definition) is 2. The van der Waals surface area contributed by atoms with Crippen LogP contribution in [0.5, 0.6) is 0 Å². The number of nitrogens with one attached hydrogen (secondary N) is 2. The number of carbonyl (C=O) groups excluding carboxylic acids is 1. The van der Waals surface area contributed by atoms with E-state index in [1.165, 1.54) is 26.2 Å². The lowest BCUT2D eigenvalue weighted by atomic mass is 9.87.